The van der Waals surface area contributed by atoms with E-state index in [1.807, 2.05) is 5.32 Å². The van der Waals surface area contributed by atoms with Crippen molar-refractivity contribution < 1.29 is 32.6 Å². The van der Waals surface area contributed by atoms with Gasteiger partial charge in [0.25, 0.3) is 0 Å². The number of urea groups is 1. The molecular formula is C10H13F3N2O4. The largest absolute Gasteiger partial charge is 0.479 e. The third kappa shape index (κ3) is 2.75. The predicted molar refractivity (Wildman–Crippen MR) is 55.5 cm³/mol. The van der Waals surface area contributed by atoms with Crippen molar-refractivity contribution in [2.45, 2.75) is 30.7 Å². The number of ether oxygens (including phenoxy) is 1. The van der Waals surface area contributed by atoms with Crippen LogP contribution in [-0.4, -0.2) is 59.5 Å². The quantitative estimate of drug-likeness (QED) is 0.776. The molecule has 1 saturated carbocycles. The van der Waals surface area contributed by atoms with Gasteiger partial charge in [-0.3, -0.25) is 0 Å². The average molecular weight is 282 g/mol. The van der Waals surface area contributed by atoms with Gasteiger partial charge in [0.15, 0.2) is 6.10 Å². The highest BCUT2D eigenvalue weighted by Gasteiger charge is 2.64. The number of rotatable bonds is 2. The summed E-state index contributed by atoms with van der Waals surface area (Å²) in [6, 6.07) is -0.899. The third-order valence-electron chi connectivity index (χ3n) is 3.27. The zero-order chi connectivity index (χ0) is 14.3. The molecule has 1 unspecified atom stereocenters. The van der Waals surface area contributed by atoms with Crippen LogP contribution in [0.4, 0.5) is 18.0 Å². The van der Waals surface area contributed by atoms with Crippen molar-refractivity contribution in [1.82, 2.24) is 10.2 Å². The molecule has 2 aliphatic rings. The monoisotopic (exact) mass is 282 g/mol. The van der Waals surface area contributed by atoms with Gasteiger partial charge in [0, 0.05) is 6.54 Å². The standard InChI is InChI=1S/C10H13F3N2O4/c11-10(12,13)9(1-2-9)14-8(18)15-3-4-19-6(5-15)7(16)17/h6H,1-5H2,(H,14,18)(H,16,17). The van der Waals surface area contributed by atoms with Crippen molar-refractivity contribution in [3.63, 3.8) is 0 Å². The number of alkyl halides is 3. The van der Waals surface area contributed by atoms with Crippen LogP contribution in [-0.2, 0) is 9.53 Å². The van der Waals surface area contributed by atoms with Gasteiger partial charge in [-0.2, -0.15) is 13.2 Å². The Hall–Kier alpha value is -1.51. The van der Waals surface area contributed by atoms with Gasteiger partial charge in [-0.05, 0) is 12.8 Å². The first-order valence-electron chi connectivity index (χ1n) is 5.73. The number of nitrogens with one attached hydrogen (secondary N) is 1. The molecule has 1 heterocycles. The van der Waals surface area contributed by atoms with Crippen molar-refractivity contribution in [2.24, 2.45) is 0 Å². The van der Waals surface area contributed by atoms with Crippen LogP contribution in [0.15, 0.2) is 0 Å². The van der Waals surface area contributed by atoms with Gasteiger partial charge in [-0.1, -0.05) is 0 Å². The highest BCUT2D eigenvalue weighted by atomic mass is 19.4. The van der Waals surface area contributed by atoms with E-state index in [1.54, 1.807) is 0 Å². The second-order valence-electron chi connectivity index (χ2n) is 4.65. The molecule has 1 aliphatic carbocycles. The number of carbonyl (C=O) groups excluding carboxylic acids is 1. The number of carbonyl (C=O) groups is 2. The van der Waals surface area contributed by atoms with Crippen molar-refractivity contribution in [1.29, 1.82) is 0 Å². The molecule has 0 aromatic heterocycles. The van der Waals surface area contributed by atoms with Gasteiger partial charge in [-0.15, -0.1) is 0 Å². The molecule has 1 aliphatic heterocycles. The summed E-state index contributed by atoms with van der Waals surface area (Å²) in [7, 11) is 0. The van der Waals surface area contributed by atoms with Gasteiger partial charge in [0.1, 0.15) is 5.54 Å². The highest BCUT2D eigenvalue weighted by molar-refractivity contribution is 5.78. The minimum absolute atomic E-state index is 0.0105. The van der Waals surface area contributed by atoms with E-state index in [0.717, 1.165) is 4.90 Å². The normalized spacial score (nSPS) is 25.8. The summed E-state index contributed by atoms with van der Waals surface area (Å²) in [4.78, 5) is 23.5. The van der Waals surface area contributed by atoms with Crippen LogP contribution in [0, 0.1) is 0 Å². The molecule has 1 saturated heterocycles. The van der Waals surface area contributed by atoms with Crippen LogP contribution in [0.3, 0.4) is 0 Å². The summed E-state index contributed by atoms with van der Waals surface area (Å²) < 4.78 is 42.9. The lowest BCUT2D eigenvalue weighted by Gasteiger charge is -2.32. The molecule has 2 rings (SSSR count). The van der Waals surface area contributed by atoms with Gasteiger partial charge in [0.05, 0.1) is 13.2 Å². The number of carboxylic acid groups (broad SMARTS) is 1. The lowest BCUT2D eigenvalue weighted by atomic mass is 10.2. The Morgan fingerprint density at radius 2 is 2.00 bits per heavy atom. The maximum atomic E-state index is 12.7. The van der Waals surface area contributed by atoms with Crippen LogP contribution in [0.1, 0.15) is 12.8 Å². The van der Waals surface area contributed by atoms with Crippen LogP contribution in [0.5, 0.6) is 0 Å². The van der Waals surface area contributed by atoms with E-state index in [2.05, 4.69) is 0 Å². The van der Waals surface area contributed by atoms with E-state index in [-0.39, 0.29) is 32.5 Å². The molecule has 1 atom stereocenters. The minimum atomic E-state index is -4.48. The number of nitrogens with zero attached hydrogens (tertiary/aromatic N) is 1. The number of aliphatic carboxylic acids is 1. The fraction of sp³-hybridized carbons (Fsp3) is 0.800. The fourth-order valence-corrected chi connectivity index (χ4v) is 1.87. The Morgan fingerprint density at radius 1 is 1.37 bits per heavy atom. The molecule has 9 heteroatoms. The van der Waals surface area contributed by atoms with E-state index in [9.17, 15) is 22.8 Å². The third-order valence-corrected chi connectivity index (χ3v) is 3.27. The molecule has 0 bridgehead atoms. The lowest BCUT2D eigenvalue weighted by Crippen LogP contribution is -2.57. The topological polar surface area (TPSA) is 78.9 Å². The molecule has 2 N–H and O–H groups in total. The van der Waals surface area contributed by atoms with E-state index in [1.165, 1.54) is 0 Å². The smallest absolute Gasteiger partial charge is 0.411 e. The molecule has 0 aromatic carbocycles. The number of amides is 2. The van der Waals surface area contributed by atoms with Gasteiger partial charge in [-0.25, -0.2) is 9.59 Å². The minimum Gasteiger partial charge on any atom is -0.479 e. The number of halogens is 3. The number of hydrogen-bond donors (Lipinski definition) is 2. The number of carboxylic acids is 1. The molecule has 2 fully saturated rings. The Bertz CT molecular complexity index is 395. The summed E-state index contributed by atoms with van der Waals surface area (Å²) in [6.07, 6.45) is -5.97. The maximum Gasteiger partial charge on any atom is 0.411 e. The summed E-state index contributed by atoms with van der Waals surface area (Å²) in [6.45, 7) is -0.192. The van der Waals surface area contributed by atoms with Crippen LogP contribution in [0.2, 0.25) is 0 Å². The average Bonchev–Trinajstić information content (AvgIpc) is 3.09. The van der Waals surface area contributed by atoms with Crippen LogP contribution >= 0.6 is 0 Å². The molecule has 108 valence electrons. The number of hydrogen-bond acceptors (Lipinski definition) is 3. The van der Waals surface area contributed by atoms with Gasteiger partial charge in [0.2, 0.25) is 0 Å². The Morgan fingerprint density at radius 3 is 2.47 bits per heavy atom. The number of morpholine rings is 1. The maximum absolute atomic E-state index is 12.7. The van der Waals surface area contributed by atoms with E-state index in [4.69, 9.17) is 9.84 Å². The van der Waals surface area contributed by atoms with E-state index in [0.29, 0.717) is 0 Å². The van der Waals surface area contributed by atoms with Crippen molar-refractivity contribution in [3.05, 3.63) is 0 Å². The summed E-state index contributed by atoms with van der Waals surface area (Å²) in [5, 5.41) is 10.7. The molecule has 19 heavy (non-hydrogen) atoms. The fourth-order valence-electron chi connectivity index (χ4n) is 1.87. The lowest BCUT2D eigenvalue weighted by molar-refractivity contribution is -0.164. The Kier molecular flexibility index (Phi) is 3.33. The second-order valence-corrected chi connectivity index (χ2v) is 4.65. The molecular weight excluding hydrogens is 269 g/mol. The zero-order valence-corrected chi connectivity index (χ0v) is 9.87. The molecule has 0 aromatic rings. The first kappa shape index (κ1) is 13.9. The Balaban J connectivity index is 1.95. The Labute approximate surface area is 106 Å². The van der Waals surface area contributed by atoms with E-state index < -0.39 is 29.8 Å². The van der Waals surface area contributed by atoms with Crippen molar-refractivity contribution in [3.8, 4) is 0 Å². The van der Waals surface area contributed by atoms with Gasteiger partial charge < -0.3 is 20.1 Å². The van der Waals surface area contributed by atoms with Crippen LogP contribution in [0.25, 0.3) is 0 Å². The van der Waals surface area contributed by atoms with Crippen molar-refractivity contribution in [2.75, 3.05) is 19.7 Å². The first-order valence-corrected chi connectivity index (χ1v) is 5.73. The molecule has 0 spiro atoms. The van der Waals surface area contributed by atoms with Crippen molar-refractivity contribution >= 4 is 12.0 Å². The summed E-state index contributed by atoms with van der Waals surface area (Å²) in [5.74, 6) is -1.24. The molecule has 0 radical (unpaired) electrons. The SMILES string of the molecule is O=C(O)C1CN(C(=O)NC2(C(F)(F)F)CC2)CCO1. The van der Waals surface area contributed by atoms with Crippen LogP contribution < -0.4 is 5.32 Å². The summed E-state index contributed by atoms with van der Waals surface area (Å²) in [5.41, 5.74) is -2.14. The molecule has 2 amide bonds. The zero-order valence-electron chi connectivity index (χ0n) is 9.87. The van der Waals surface area contributed by atoms with E-state index >= 15 is 0 Å². The molecule has 6 nitrogen and oxygen atoms in total. The first-order chi connectivity index (χ1) is 8.75. The second kappa shape index (κ2) is 4.55. The predicted octanol–water partition coefficient (Wildman–Crippen LogP) is 0.576. The highest BCUT2D eigenvalue weighted by Crippen LogP contribution is 2.48. The van der Waals surface area contributed by atoms with Gasteiger partial charge >= 0.3 is 18.2 Å². The summed E-state index contributed by atoms with van der Waals surface area (Å²) >= 11 is 0.